The summed E-state index contributed by atoms with van der Waals surface area (Å²) in [5.74, 6) is 0. The van der Waals surface area contributed by atoms with E-state index in [-0.39, 0.29) is 6.61 Å². The Labute approximate surface area is 103 Å². The second-order valence-electron chi connectivity index (χ2n) is 2.71. The van der Waals surface area contributed by atoms with Crippen molar-refractivity contribution >= 4 is 46.2 Å². The Balaban J connectivity index is 2.64. The Morgan fingerprint density at radius 2 is 2.13 bits per heavy atom. The largest absolute Gasteiger partial charge is 0.395 e. The molecule has 0 heterocycles. The molecule has 0 radical (unpaired) electrons. The van der Waals surface area contributed by atoms with E-state index in [1.54, 1.807) is 18.2 Å². The molecule has 1 aromatic carbocycles. The number of thiocarbonyl (C=S) groups is 1. The lowest BCUT2D eigenvalue weighted by Crippen LogP contribution is -2.30. The molecule has 1 rings (SSSR count). The van der Waals surface area contributed by atoms with E-state index in [0.29, 0.717) is 27.4 Å². The SMILES string of the molecule is OCCNC(=S)Nc1cccc(Cl)c1Cl. The van der Waals surface area contributed by atoms with E-state index in [1.807, 2.05) is 0 Å². The van der Waals surface area contributed by atoms with E-state index in [4.69, 9.17) is 40.5 Å². The van der Waals surface area contributed by atoms with Crippen LogP contribution >= 0.6 is 35.4 Å². The predicted octanol–water partition coefficient (Wildman–Crippen LogP) is 2.27. The van der Waals surface area contributed by atoms with Gasteiger partial charge in [-0.15, -0.1) is 0 Å². The Kier molecular flexibility index (Phi) is 5.11. The van der Waals surface area contributed by atoms with Crippen molar-refractivity contribution in [1.82, 2.24) is 5.32 Å². The quantitative estimate of drug-likeness (QED) is 0.734. The molecule has 3 nitrogen and oxygen atoms in total. The summed E-state index contributed by atoms with van der Waals surface area (Å²) in [5.41, 5.74) is 0.639. The van der Waals surface area contributed by atoms with Gasteiger partial charge in [0.05, 0.1) is 22.3 Å². The van der Waals surface area contributed by atoms with Crippen molar-refractivity contribution in [1.29, 1.82) is 0 Å². The summed E-state index contributed by atoms with van der Waals surface area (Å²) in [6, 6.07) is 5.23. The van der Waals surface area contributed by atoms with Gasteiger partial charge in [0.25, 0.3) is 0 Å². The molecule has 0 bridgehead atoms. The minimum absolute atomic E-state index is 0.0189. The molecule has 0 fully saturated rings. The maximum Gasteiger partial charge on any atom is 0.170 e. The van der Waals surface area contributed by atoms with Crippen LogP contribution in [0.4, 0.5) is 5.69 Å². The molecule has 0 aliphatic rings. The first-order valence-electron chi connectivity index (χ1n) is 4.25. The van der Waals surface area contributed by atoms with Crippen molar-refractivity contribution in [3.63, 3.8) is 0 Å². The molecule has 0 saturated heterocycles. The Hall–Kier alpha value is -0.550. The van der Waals surface area contributed by atoms with E-state index < -0.39 is 0 Å². The molecule has 0 aliphatic heterocycles. The highest BCUT2D eigenvalue weighted by atomic mass is 35.5. The normalized spacial score (nSPS) is 9.80. The molecule has 6 heteroatoms. The number of nitrogens with one attached hydrogen (secondary N) is 2. The lowest BCUT2D eigenvalue weighted by Gasteiger charge is -2.11. The topological polar surface area (TPSA) is 44.3 Å². The number of hydrogen-bond acceptors (Lipinski definition) is 2. The van der Waals surface area contributed by atoms with Crippen LogP contribution in [-0.2, 0) is 0 Å². The summed E-state index contributed by atoms with van der Waals surface area (Å²) < 4.78 is 0. The molecular formula is C9H10Cl2N2OS. The van der Waals surface area contributed by atoms with Crippen LogP contribution < -0.4 is 10.6 Å². The van der Waals surface area contributed by atoms with Gasteiger partial charge in [-0.2, -0.15) is 0 Å². The smallest absolute Gasteiger partial charge is 0.170 e. The minimum Gasteiger partial charge on any atom is -0.395 e. The third-order valence-corrected chi connectivity index (χ3v) is 2.66. The molecule has 0 saturated carbocycles. The van der Waals surface area contributed by atoms with Crippen molar-refractivity contribution in [2.45, 2.75) is 0 Å². The maximum absolute atomic E-state index is 8.58. The van der Waals surface area contributed by atoms with Gasteiger partial charge in [-0.25, -0.2) is 0 Å². The monoisotopic (exact) mass is 264 g/mol. The number of benzene rings is 1. The molecule has 0 spiro atoms. The zero-order valence-corrected chi connectivity index (χ0v) is 10.1. The fourth-order valence-electron chi connectivity index (χ4n) is 0.936. The van der Waals surface area contributed by atoms with Crippen molar-refractivity contribution in [2.24, 2.45) is 0 Å². The first-order valence-corrected chi connectivity index (χ1v) is 5.41. The number of aliphatic hydroxyl groups is 1. The molecule has 15 heavy (non-hydrogen) atoms. The lowest BCUT2D eigenvalue weighted by molar-refractivity contribution is 0.301. The van der Waals surface area contributed by atoms with Crippen LogP contribution in [0, 0.1) is 0 Å². The number of aliphatic hydroxyl groups excluding tert-OH is 1. The van der Waals surface area contributed by atoms with Gasteiger partial charge in [-0.1, -0.05) is 29.3 Å². The highest BCUT2D eigenvalue weighted by molar-refractivity contribution is 7.80. The van der Waals surface area contributed by atoms with Crippen LogP contribution in [0.2, 0.25) is 10.0 Å². The Morgan fingerprint density at radius 3 is 2.80 bits per heavy atom. The van der Waals surface area contributed by atoms with E-state index in [2.05, 4.69) is 10.6 Å². The molecule has 0 unspecified atom stereocenters. The molecule has 0 aliphatic carbocycles. The Bertz CT molecular complexity index is 360. The minimum atomic E-state index is 0.0189. The molecular weight excluding hydrogens is 255 g/mol. The van der Waals surface area contributed by atoms with Crippen LogP contribution in [0.3, 0.4) is 0 Å². The van der Waals surface area contributed by atoms with E-state index in [9.17, 15) is 0 Å². The predicted molar refractivity (Wildman–Crippen MR) is 67.8 cm³/mol. The highest BCUT2D eigenvalue weighted by Gasteiger charge is 2.04. The number of hydrogen-bond donors (Lipinski definition) is 3. The van der Waals surface area contributed by atoms with E-state index >= 15 is 0 Å². The Morgan fingerprint density at radius 1 is 1.40 bits per heavy atom. The van der Waals surface area contributed by atoms with Gasteiger partial charge in [0, 0.05) is 6.54 Å². The summed E-state index contributed by atoms with van der Waals surface area (Å²) in [6.45, 7) is 0.412. The second kappa shape index (κ2) is 6.12. The molecule has 0 amide bonds. The average molecular weight is 265 g/mol. The van der Waals surface area contributed by atoms with Crippen LogP contribution in [0.25, 0.3) is 0 Å². The van der Waals surface area contributed by atoms with Crippen LogP contribution in [0.15, 0.2) is 18.2 Å². The summed E-state index contributed by atoms with van der Waals surface area (Å²) in [6.07, 6.45) is 0. The van der Waals surface area contributed by atoms with Gasteiger partial charge in [-0.3, -0.25) is 0 Å². The standard InChI is InChI=1S/C9H10Cl2N2OS/c10-6-2-1-3-7(8(6)11)13-9(15)12-4-5-14/h1-3,14H,4-5H2,(H2,12,13,15). The molecule has 1 aromatic rings. The molecule has 0 aromatic heterocycles. The maximum atomic E-state index is 8.58. The third kappa shape index (κ3) is 3.83. The van der Waals surface area contributed by atoms with Crippen molar-refractivity contribution < 1.29 is 5.11 Å². The summed E-state index contributed by atoms with van der Waals surface area (Å²) in [5, 5.41) is 15.5. The zero-order chi connectivity index (χ0) is 11.3. The molecule has 0 atom stereocenters. The van der Waals surface area contributed by atoms with E-state index in [1.165, 1.54) is 0 Å². The summed E-state index contributed by atoms with van der Waals surface area (Å²) in [7, 11) is 0. The lowest BCUT2D eigenvalue weighted by atomic mass is 10.3. The van der Waals surface area contributed by atoms with Gasteiger partial charge in [0.1, 0.15) is 0 Å². The summed E-state index contributed by atoms with van der Waals surface area (Å²) >= 11 is 16.7. The number of rotatable bonds is 3. The first-order chi connectivity index (χ1) is 7.15. The fourth-order valence-corrected chi connectivity index (χ4v) is 1.50. The van der Waals surface area contributed by atoms with Crippen molar-refractivity contribution in [2.75, 3.05) is 18.5 Å². The number of halogens is 2. The highest BCUT2D eigenvalue weighted by Crippen LogP contribution is 2.29. The van der Waals surface area contributed by atoms with Crippen LogP contribution in [0.5, 0.6) is 0 Å². The molecule has 3 N–H and O–H groups in total. The van der Waals surface area contributed by atoms with Gasteiger partial charge in [-0.05, 0) is 24.4 Å². The van der Waals surface area contributed by atoms with Gasteiger partial charge >= 0.3 is 0 Å². The van der Waals surface area contributed by atoms with E-state index in [0.717, 1.165) is 0 Å². The van der Waals surface area contributed by atoms with Gasteiger partial charge in [0.15, 0.2) is 5.11 Å². The summed E-state index contributed by atoms with van der Waals surface area (Å²) in [4.78, 5) is 0. The van der Waals surface area contributed by atoms with Crippen molar-refractivity contribution in [3.8, 4) is 0 Å². The molecule has 82 valence electrons. The fraction of sp³-hybridized carbons (Fsp3) is 0.222. The van der Waals surface area contributed by atoms with Gasteiger partial charge < -0.3 is 15.7 Å². The second-order valence-corrected chi connectivity index (χ2v) is 3.90. The third-order valence-electron chi connectivity index (χ3n) is 1.60. The van der Waals surface area contributed by atoms with Gasteiger partial charge in [0.2, 0.25) is 0 Å². The first kappa shape index (κ1) is 12.5. The van der Waals surface area contributed by atoms with Crippen molar-refractivity contribution in [3.05, 3.63) is 28.2 Å². The van der Waals surface area contributed by atoms with Crippen LogP contribution in [0.1, 0.15) is 0 Å². The number of anilines is 1. The van der Waals surface area contributed by atoms with Crippen LogP contribution in [-0.4, -0.2) is 23.4 Å². The zero-order valence-electron chi connectivity index (χ0n) is 7.76. The average Bonchev–Trinajstić information content (AvgIpc) is 2.22.